The Hall–Kier alpha value is -1.16. The molecule has 0 aliphatic rings. The maximum absolute atomic E-state index is 12.3. The number of halogens is 2. The lowest BCUT2D eigenvalue weighted by atomic mass is 10.0. The molecule has 2 nitrogen and oxygen atoms in total. The Morgan fingerprint density at radius 3 is 2.50 bits per heavy atom. The third kappa shape index (κ3) is 2.67. The fourth-order valence-electron chi connectivity index (χ4n) is 1.22. The normalized spacial score (nSPS) is 13.2. The van der Waals surface area contributed by atoms with Crippen LogP contribution in [-0.4, -0.2) is 16.3 Å². The molecule has 0 radical (unpaired) electrons. The van der Waals surface area contributed by atoms with E-state index in [1.165, 1.54) is 25.1 Å². The fraction of sp³-hybridized carbons (Fsp3) is 0.400. The Morgan fingerprint density at radius 1 is 1.36 bits per heavy atom. The van der Waals surface area contributed by atoms with Crippen LogP contribution in [0.1, 0.15) is 24.5 Å². The number of phenols is 1. The summed E-state index contributed by atoms with van der Waals surface area (Å²) in [5.41, 5.74) is 0.205. The molecule has 0 saturated carbocycles. The molecule has 14 heavy (non-hydrogen) atoms. The molecular formula is C10H12F2O2. The van der Waals surface area contributed by atoms with Gasteiger partial charge in [-0.1, -0.05) is 0 Å². The van der Waals surface area contributed by atoms with Crippen molar-refractivity contribution in [1.29, 1.82) is 0 Å². The van der Waals surface area contributed by atoms with Crippen molar-refractivity contribution in [2.24, 2.45) is 0 Å². The second-order valence-electron chi connectivity index (χ2n) is 3.24. The molecule has 1 atom stereocenters. The van der Waals surface area contributed by atoms with Gasteiger partial charge in [0.25, 0.3) is 6.43 Å². The number of benzene rings is 1. The summed E-state index contributed by atoms with van der Waals surface area (Å²) < 4.78 is 24.5. The Balaban J connectivity index is 2.96. The third-order valence-electron chi connectivity index (χ3n) is 1.87. The number of aromatic hydroxyl groups is 1. The van der Waals surface area contributed by atoms with E-state index in [9.17, 15) is 13.9 Å². The molecule has 2 N–H and O–H groups in total. The van der Waals surface area contributed by atoms with E-state index in [0.29, 0.717) is 5.56 Å². The summed E-state index contributed by atoms with van der Waals surface area (Å²) in [7, 11) is 0. The molecule has 1 rings (SSSR count). The van der Waals surface area contributed by atoms with Gasteiger partial charge in [-0.2, -0.15) is 0 Å². The maximum Gasteiger partial charge on any atom is 0.263 e. The van der Waals surface area contributed by atoms with Crippen LogP contribution in [0.2, 0.25) is 0 Å². The Bertz CT molecular complexity index is 311. The van der Waals surface area contributed by atoms with Crippen molar-refractivity contribution in [2.75, 3.05) is 0 Å². The highest BCUT2D eigenvalue weighted by Crippen LogP contribution is 2.25. The van der Waals surface area contributed by atoms with Crippen LogP contribution >= 0.6 is 0 Å². The van der Waals surface area contributed by atoms with Gasteiger partial charge in [0, 0.05) is 12.0 Å². The van der Waals surface area contributed by atoms with Crippen LogP contribution < -0.4 is 0 Å². The SMILES string of the molecule is CC(O)Cc1cc(C(F)F)ccc1O. The molecule has 0 heterocycles. The summed E-state index contributed by atoms with van der Waals surface area (Å²) >= 11 is 0. The topological polar surface area (TPSA) is 40.5 Å². The number of hydrogen-bond acceptors (Lipinski definition) is 2. The van der Waals surface area contributed by atoms with Gasteiger partial charge in [-0.25, -0.2) is 8.78 Å². The summed E-state index contributed by atoms with van der Waals surface area (Å²) in [6, 6.07) is 3.61. The molecule has 0 fully saturated rings. The number of phenolic OH excluding ortho intramolecular Hbond substituents is 1. The van der Waals surface area contributed by atoms with E-state index >= 15 is 0 Å². The minimum atomic E-state index is -2.55. The van der Waals surface area contributed by atoms with Crippen molar-refractivity contribution in [1.82, 2.24) is 0 Å². The van der Waals surface area contributed by atoms with Crippen molar-refractivity contribution in [2.45, 2.75) is 25.9 Å². The van der Waals surface area contributed by atoms with Gasteiger partial charge in [0.1, 0.15) is 5.75 Å². The largest absolute Gasteiger partial charge is 0.508 e. The molecule has 0 amide bonds. The molecule has 1 unspecified atom stereocenters. The number of alkyl halides is 2. The van der Waals surface area contributed by atoms with Crippen molar-refractivity contribution in [3.05, 3.63) is 29.3 Å². The highest BCUT2D eigenvalue weighted by molar-refractivity contribution is 5.37. The zero-order chi connectivity index (χ0) is 10.7. The van der Waals surface area contributed by atoms with Crippen molar-refractivity contribution < 1.29 is 19.0 Å². The smallest absolute Gasteiger partial charge is 0.263 e. The first kappa shape index (κ1) is 10.9. The van der Waals surface area contributed by atoms with Gasteiger partial charge >= 0.3 is 0 Å². The summed E-state index contributed by atoms with van der Waals surface area (Å²) in [6.45, 7) is 1.54. The van der Waals surface area contributed by atoms with E-state index in [4.69, 9.17) is 5.11 Å². The standard InChI is InChI=1S/C10H12F2O2/c1-6(13)4-8-5-7(10(11)12)2-3-9(8)14/h2-3,5-6,10,13-14H,4H2,1H3. The summed E-state index contributed by atoms with van der Waals surface area (Å²) in [5, 5.41) is 18.4. The number of rotatable bonds is 3. The van der Waals surface area contributed by atoms with Crippen molar-refractivity contribution >= 4 is 0 Å². The lowest BCUT2D eigenvalue weighted by Crippen LogP contribution is -2.04. The van der Waals surface area contributed by atoms with E-state index in [1.807, 2.05) is 0 Å². The molecule has 1 aromatic rings. The average Bonchev–Trinajstić information content (AvgIpc) is 2.07. The van der Waals surface area contributed by atoms with Gasteiger partial charge in [0.2, 0.25) is 0 Å². The second kappa shape index (κ2) is 4.37. The fourth-order valence-corrected chi connectivity index (χ4v) is 1.22. The second-order valence-corrected chi connectivity index (χ2v) is 3.24. The van der Waals surface area contributed by atoms with E-state index in [0.717, 1.165) is 0 Å². The lowest BCUT2D eigenvalue weighted by molar-refractivity contribution is 0.151. The minimum absolute atomic E-state index is 0.0599. The van der Waals surface area contributed by atoms with Crippen LogP contribution in [0.4, 0.5) is 8.78 Å². The number of hydrogen-bond donors (Lipinski definition) is 2. The first-order chi connectivity index (χ1) is 6.50. The Labute approximate surface area is 80.8 Å². The summed E-state index contributed by atoms with van der Waals surface area (Å²) in [6.07, 6.45) is -3.04. The van der Waals surface area contributed by atoms with Crippen molar-refractivity contribution in [3.63, 3.8) is 0 Å². The number of aliphatic hydroxyl groups excluding tert-OH is 1. The van der Waals surface area contributed by atoms with Gasteiger partial charge < -0.3 is 10.2 Å². The zero-order valence-electron chi connectivity index (χ0n) is 7.74. The molecule has 0 spiro atoms. The van der Waals surface area contributed by atoms with Crippen molar-refractivity contribution in [3.8, 4) is 5.75 Å². The van der Waals surface area contributed by atoms with Crippen LogP contribution in [0.25, 0.3) is 0 Å². The molecule has 0 saturated heterocycles. The van der Waals surface area contributed by atoms with Gasteiger partial charge in [-0.05, 0) is 30.7 Å². The predicted octanol–water partition coefficient (Wildman–Crippen LogP) is 2.25. The molecule has 4 heteroatoms. The van der Waals surface area contributed by atoms with E-state index in [1.54, 1.807) is 0 Å². The molecule has 0 aromatic heterocycles. The predicted molar refractivity (Wildman–Crippen MR) is 48.4 cm³/mol. The monoisotopic (exact) mass is 202 g/mol. The first-order valence-electron chi connectivity index (χ1n) is 4.28. The quantitative estimate of drug-likeness (QED) is 0.789. The average molecular weight is 202 g/mol. The van der Waals surface area contributed by atoms with Gasteiger partial charge in [0.05, 0.1) is 6.10 Å². The van der Waals surface area contributed by atoms with Gasteiger partial charge in [-0.15, -0.1) is 0 Å². The highest BCUT2D eigenvalue weighted by Gasteiger charge is 2.11. The van der Waals surface area contributed by atoms with E-state index < -0.39 is 12.5 Å². The highest BCUT2D eigenvalue weighted by atomic mass is 19.3. The first-order valence-corrected chi connectivity index (χ1v) is 4.28. The molecule has 1 aromatic carbocycles. The summed E-state index contributed by atoms with van der Waals surface area (Å²) in [4.78, 5) is 0. The van der Waals surface area contributed by atoms with Crippen LogP contribution in [0.15, 0.2) is 18.2 Å². The molecule has 78 valence electrons. The van der Waals surface area contributed by atoms with Crippen LogP contribution in [-0.2, 0) is 6.42 Å². The van der Waals surface area contributed by atoms with Gasteiger partial charge in [-0.3, -0.25) is 0 Å². The third-order valence-corrected chi connectivity index (χ3v) is 1.87. The van der Waals surface area contributed by atoms with Gasteiger partial charge in [0.15, 0.2) is 0 Å². The molecule has 0 aliphatic carbocycles. The molecular weight excluding hydrogens is 190 g/mol. The minimum Gasteiger partial charge on any atom is -0.508 e. The Kier molecular flexibility index (Phi) is 3.41. The van der Waals surface area contributed by atoms with Crippen LogP contribution in [0, 0.1) is 0 Å². The van der Waals surface area contributed by atoms with E-state index in [-0.39, 0.29) is 17.7 Å². The van der Waals surface area contributed by atoms with E-state index in [2.05, 4.69) is 0 Å². The summed E-state index contributed by atoms with van der Waals surface area (Å²) in [5.74, 6) is -0.0599. The molecule has 0 bridgehead atoms. The van der Waals surface area contributed by atoms with Crippen LogP contribution in [0.5, 0.6) is 5.75 Å². The maximum atomic E-state index is 12.3. The zero-order valence-corrected chi connectivity index (χ0v) is 7.74. The Morgan fingerprint density at radius 2 is 2.00 bits per heavy atom. The molecule has 0 aliphatic heterocycles. The lowest BCUT2D eigenvalue weighted by Gasteiger charge is -2.08. The number of aliphatic hydroxyl groups is 1. The van der Waals surface area contributed by atoms with Crippen LogP contribution in [0.3, 0.4) is 0 Å².